The van der Waals surface area contributed by atoms with Gasteiger partial charge in [-0.3, -0.25) is 9.59 Å². The molecule has 0 saturated heterocycles. The number of primary amides is 1. The lowest BCUT2D eigenvalue weighted by Crippen LogP contribution is -2.43. The highest BCUT2D eigenvalue weighted by Gasteiger charge is 2.24. The first-order valence-electron chi connectivity index (χ1n) is 5.16. The molecule has 2 amide bonds. The van der Waals surface area contributed by atoms with Crippen LogP contribution in [0.4, 0.5) is 0 Å². The summed E-state index contributed by atoms with van der Waals surface area (Å²) in [7, 11) is 0. The minimum Gasteiger partial charge on any atom is -0.504 e. The second-order valence-corrected chi connectivity index (χ2v) is 3.71. The Morgan fingerprint density at radius 1 is 1.26 bits per heavy atom. The van der Waals surface area contributed by atoms with Crippen molar-refractivity contribution in [1.29, 1.82) is 0 Å². The quantitative estimate of drug-likeness (QED) is 0.439. The van der Waals surface area contributed by atoms with Gasteiger partial charge >= 0.3 is 5.97 Å². The molecule has 1 unspecified atom stereocenters. The summed E-state index contributed by atoms with van der Waals surface area (Å²) in [5, 5.41) is 29.5. The Morgan fingerprint density at radius 2 is 1.89 bits per heavy atom. The topological polar surface area (TPSA) is 150 Å². The van der Waals surface area contributed by atoms with Gasteiger partial charge in [-0.05, 0) is 12.1 Å². The molecule has 1 aromatic rings. The molecule has 0 spiro atoms. The van der Waals surface area contributed by atoms with Crippen LogP contribution in [0.2, 0.25) is 0 Å². The Morgan fingerprint density at radius 3 is 2.42 bits per heavy atom. The first-order valence-corrected chi connectivity index (χ1v) is 5.16. The lowest BCUT2D eigenvalue weighted by Gasteiger charge is -2.13. The Balaban J connectivity index is 2.91. The third-order valence-electron chi connectivity index (χ3n) is 2.27. The second kappa shape index (κ2) is 5.71. The minimum absolute atomic E-state index is 0.310. The smallest absolute Gasteiger partial charge is 0.326 e. The van der Waals surface area contributed by atoms with E-state index in [0.29, 0.717) is 0 Å². The number of nitrogens with two attached hydrogens (primary N) is 1. The van der Waals surface area contributed by atoms with Crippen molar-refractivity contribution >= 4 is 17.8 Å². The number of amides is 2. The van der Waals surface area contributed by atoms with Gasteiger partial charge in [-0.2, -0.15) is 0 Å². The molecule has 1 aromatic carbocycles. The zero-order valence-corrected chi connectivity index (χ0v) is 9.66. The maximum absolute atomic E-state index is 11.7. The molecule has 0 heterocycles. The SMILES string of the molecule is NC(=O)CC(NC(=O)c1cccc(O)c1O)C(=O)O. The van der Waals surface area contributed by atoms with Crippen molar-refractivity contribution in [2.75, 3.05) is 0 Å². The number of carbonyl (C=O) groups is 3. The van der Waals surface area contributed by atoms with Gasteiger partial charge in [-0.15, -0.1) is 0 Å². The number of hydrogen-bond donors (Lipinski definition) is 5. The zero-order chi connectivity index (χ0) is 14.6. The number of phenolic OH excluding ortho intramolecular Hbond substituents is 2. The van der Waals surface area contributed by atoms with Gasteiger partial charge in [0.2, 0.25) is 5.91 Å². The van der Waals surface area contributed by atoms with Crippen molar-refractivity contribution in [2.24, 2.45) is 5.73 Å². The predicted molar refractivity (Wildman–Crippen MR) is 62.5 cm³/mol. The van der Waals surface area contributed by atoms with Gasteiger partial charge in [-0.1, -0.05) is 6.07 Å². The molecule has 0 bridgehead atoms. The lowest BCUT2D eigenvalue weighted by molar-refractivity contribution is -0.140. The van der Waals surface area contributed by atoms with Gasteiger partial charge in [0.25, 0.3) is 5.91 Å². The summed E-state index contributed by atoms with van der Waals surface area (Å²) in [6, 6.07) is 2.14. The highest BCUT2D eigenvalue weighted by Crippen LogP contribution is 2.28. The van der Waals surface area contributed by atoms with E-state index in [1.807, 2.05) is 5.32 Å². The maximum Gasteiger partial charge on any atom is 0.326 e. The van der Waals surface area contributed by atoms with Crippen molar-refractivity contribution < 1.29 is 29.7 Å². The molecule has 1 rings (SSSR count). The fourth-order valence-electron chi connectivity index (χ4n) is 1.35. The number of nitrogens with one attached hydrogen (secondary N) is 1. The van der Waals surface area contributed by atoms with E-state index in [9.17, 15) is 24.6 Å². The number of carbonyl (C=O) groups excluding carboxylic acids is 2. The molecule has 6 N–H and O–H groups in total. The fraction of sp³-hybridized carbons (Fsp3) is 0.182. The molecule has 0 aliphatic rings. The normalized spacial score (nSPS) is 11.6. The number of phenols is 2. The van der Waals surface area contributed by atoms with Gasteiger partial charge < -0.3 is 26.4 Å². The molecule has 1 atom stereocenters. The maximum atomic E-state index is 11.7. The van der Waals surface area contributed by atoms with Crippen molar-refractivity contribution in [1.82, 2.24) is 5.32 Å². The van der Waals surface area contributed by atoms with Crippen molar-refractivity contribution in [3.8, 4) is 11.5 Å². The van der Waals surface area contributed by atoms with Crippen LogP contribution in [0.1, 0.15) is 16.8 Å². The van der Waals surface area contributed by atoms with E-state index in [1.165, 1.54) is 12.1 Å². The van der Waals surface area contributed by atoms with Crippen molar-refractivity contribution in [3.05, 3.63) is 23.8 Å². The third kappa shape index (κ3) is 3.60. The van der Waals surface area contributed by atoms with Crippen LogP contribution < -0.4 is 11.1 Å². The standard InChI is InChI=1S/C11H12N2O6/c12-8(15)4-6(11(18)19)13-10(17)5-2-1-3-7(14)9(5)16/h1-3,6,14,16H,4H2,(H2,12,15)(H,13,17)(H,18,19). The summed E-state index contributed by atoms with van der Waals surface area (Å²) in [6.45, 7) is 0. The van der Waals surface area contributed by atoms with Gasteiger partial charge in [0.1, 0.15) is 6.04 Å². The highest BCUT2D eigenvalue weighted by atomic mass is 16.4. The molecular formula is C11H12N2O6. The fourth-order valence-corrected chi connectivity index (χ4v) is 1.35. The van der Waals surface area contributed by atoms with E-state index < -0.39 is 41.7 Å². The molecule has 0 aromatic heterocycles. The molecule has 19 heavy (non-hydrogen) atoms. The Labute approximate surface area is 107 Å². The summed E-state index contributed by atoms with van der Waals surface area (Å²) >= 11 is 0. The van der Waals surface area contributed by atoms with Gasteiger partial charge in [-0.25, -0.2) is 4.79 Å². The molecule has 102 valence electrons. The Kier molecular flexibility index (Phi) is 4.30. The lowest BCUT2D eigenvalue weighted by atomic mass is 10.1. The van der Waals surface area contributed by atoms with Crippen LogP contribution in [0.15, 0.2) is 18.2 Å². The number of aliphatic carboxylic acids is 1. The molecule has 8 nitrogen and oxygen atoms in total. The molecule has 0 aliphatic heterocycles. The number of rotatable bonds is 5. The number of carboxylic acid groups (broad SMARTS) is 1. The van der Waals surface area contributed by atoms with Gasteiger partial charge in [0.15, 0.2) is 11.5 Å². The van der Waals surface area contributed by atoms with Crippen LogP contribution >= 0.6 is 0 Å². The molecule has 0 radical (unpaired) electrons. The predicted octanol–water partition coefficient (Wildman–Crippen LogP) is -0.844. The Bertz CT molecular complexity index is 528. The number of benzene rings is 1. The summed E-state index contributed by atoms with van der Waals surface area (Å²) in [5.41, 5.74) is 4.55. The monoisotopic (exact) mass is 268 g/mol. The van der Waals surface area contributed by atoms with Crippen LogP contribution in [0, 0.1) is 0 Å². The van der Waals surface area contributed by atoms with E-state index in [4.69, 9.17) is 10.8 Å². The largest absolute Gasteiger partial charge is 0.504 e. The van der Waals surface area contributed by atoms with Crippen LogP contribution in [0.3, 0.4) is 0 Å². The number of hydrogen-bond acceptors (Lipinski definition) is 5. The average molecular weight is 268 g/mol. The zero-order valence-electron chi connectivity index (χ0n) is 9.66. The summed E-state index contributed by atoms with van der Waals surface area (Å²) in [6.07, 6.45) is -0.583. The van der Waals surface area contributed by atoms with Gasteiger partial charge in [0.05, 0.1) is 12.0 Å². The molecule has 0 fully saturated rings. The van der Waals surface area contributed by atoms with Gasteiger partial charge in [0, 0.05) is 0 Å². The van der Waals surface area contributed by atoms with Crippen molar-refractivity contribution in [3.63, 3.8) is 0 Å². The molecular weight excluding hydrogens is 256 g/mol. The third-order valence-corrected chi connectivity index (χ3v) is 2.27. The summed E-state index contributed by atoms with van der Waals surface area (Å²) < 4.78 is 0. The molecule has 0 aliphatic carbocycles. The minimum atomic E-state index is -1.51. The van der Waals surface area contributed by atoms with E-state index in [2.05, 4.69) is 0 Å². The number of para-hydroxylation sites is 1. The van der Waals surface area contributed by atoms with Crippen LogP contribution in [-0.2, 0) is 9.59 Å². The Hall–Kier alpha value is -2.77. The number of aromatic hydroxyl groups is 2. The van der Waals surface area contributed by atoms with E-state index in [-0.39, 0.29) is 5.56 Å². The van der Waals surface area contributed by atoms with Crippen LogP contribution in [0.25, 0.3) is 0 Å². The van der Waals surface area contributed by atoms with E-state index in [1.54, 1.807) is 0 Å². The average Bonchev–Trinajstić information content (AvgIpc) is 2.31. The van der Waals surface area contributed by atoms with E-state index in [0.717, 1.165) is 6.07 Å². The van der Waals surface area contributed by atoms with Crippen LogP contribution in [-0.4, -0.2) is 39.1 Å². The first-order chi connectivity index (χ1) is 8.82. The van der Waals surface area contributed by atoms with Crippen LogP contribution in [0.5, 0.6) is 11.5 Å². The summed E-state index contributed by atoms with van der Waals surface area (Å²) in [5.74, 6) is -4.47. The summed E-state index contributed by atoms with van der Waals surface area (Å²) in [4.78, 5) is 33.2. The number of carboxylic acids is 1. The molecule has 0 saturated carbocycles. The van der Waals surface area contributed by atoms with Crippen molar-refractivity contribution in [2.45, 2.75) is 12.5 Å². The first kappa shape index (κ1) is 14.3. The highest BCUT2D eigenvalue weighted by molar-refractivity contribution is 6.00. The van der Waals surface area contributed by atoms with E-state index >= 15 is 0 Å². The second-order valence-electron chi connectivity index (χ2n) is 3.71. The molecule has 8 heteroatoms.